The average Bonchev–Trinajstić information content (AvgIpc) is 3.30. The molecule has 158 valence electrons. The number of carbonyl (C=O) groups excluding carboxylic acids is 3. The number of nitrogens with one attached hydrogen (secondary N) is 2. The number of carbonyl (C=O) groups is 3. The lowest BCUT2D eigenvalue weighted by Gasteiger charge is -2.10. The fraction of sp³-hybridized carbons (Fsp3) is 0.130. The Morgan fingerprint density at radius 3 is 2.48 bits per heavy atom. The predicted octanol–water partition coefficient (Wildman–Crippen LogP) is 4.06. The molecule has 3 rings (SSSR count). The smallest absolute Gasteiger partial charge is 0.353 e. The largest absolute Gasteiger partial charge is 0.422 e. The van der Waals surface area contributed by atoms with Crippen LogP contribution in [0.3, 0.4) is 0 Å². The van der Waals surface area contributed by atoms with Gasteiger partial charge in [0.05, 0.1) is 5.71 Å². The zero-order chi connectivity index (χ0) is 22.4. The van der Waals surface area contributed by atoms with Crippen LogP contribution in [-0.2, 0) is 9.59 Å². The Kier molecular flexibility index (Phi) is 6.94. The first-order valence-electron chi connectivity index (χ1n) is 9.43. The number of amides is 2. The van der Waals surface area contributed by atoms with Crippen molar-refractivity contribution < 1.29 is 19.1 Å². The van der Waals surface area contributed by atoms with E-state index >= 15 is 0 Å². The zero-order valence-corrected chi connectivity index (χ0v) is 18.1. The maximum absolute atomic E-state index is 12.3. The van der Waals surface area contributed by atoms with Crippen molar-refractivity contribution in [2.24, 2.45) is 5.10 Å². The molecule has 0 spiro atoms. The molecule has 8 heteroatoms. The second-order valence-corrected chi connectivity index (χ2v) is 7.72. The summed E-state index contributed by atoms with van der Waals surface area (Å²) in [6, 6.07) is 15.8. The number of anilines is 1. The minimum atomic E-state index is -0.909. The van der Waals surface area contributed by atoms with E-state index in [1.165, 1.54) is 11.3 Å². The minimum absolute atomic E-state index is 0.302. The summed E-state index contributed by atoms with van der Waals surface area (Å²) in [6.45, 7) is 5.37. The number of hydrogen-bond acceptors (Lipinski definition) is 6. The monoisotopic (exact) mass is 435 g/mol. The summed E-state index contributed by atoms with van der Waals surface area (Å²) in [6.07, 6.45) is 0. The van der Waals surface area contributed by atoms with Gasteiger partial charge in [0.15, 0.2) is 0 Å². The highest BCUT2D eigenvalue weighted by atomic mass is 32.1. The van der Waals surface area contributed by atoms with Gasteiger partial charge in [0.25, 0.3) is 0 Å². The van der Waals surface area contributed by atoms with Gasteiger partial charge in [-0.3, -0.25) is 9.59 Å². The highest BCUT2D eigenvalue weighted by molar-refractivity contribution is 7.12. The summed E-state index contributed by atoms with van der Waals surface area (Å²) < 4.78 is 5.47. The van der Waals surface area contributed by atoms with E-state index in [2.05, 4.69) is 15.8 Å². The quantitative estimate of drug-likeness (QED) is 0.208. The third kappa shape index (κ3) is 5.64. The van der Waals surface area contributed by atoms with Gasteiger partial charge >= 0.3 is 17.8 Å². The van der Waals surface area contributed by atoms with Crippen molar-refractivity contribution in [1.82, 2.24) is 5.43 Å². The van der Waals surface area contributed by atoms with Crippen molar-refractivity contribution in [3.05, 3.63) is 81.5 Å². The molecule has 2 N–H and O–H groups in total. The average molecular weight is 436 g/mol. The van der Waals surface area contributed by atoms with Gasteiger partial charge in [0.1, 0.15) is 10.6 Å². The number of hydrogen-bond donors (Lipinski definition) is 2. The molecule has 1 aromatic heterocycles. The number of ether oxygens (including phenoxy) is 1. The molecule has 0 saturated heterocycles. The second-order valence-electron chi connectivity index (χ2n) is 6.77. The first kappa shape index (κ1) is 21.9. The van der Waals surface area contributed by atoms with Crippen LogP contribution in [0.15, 0.2) is 65.1 Å². The van der Waals surface area contributed by atoms with E-state index in [-0.39, 0.29) is 0 Å². The van der Waals surface area contributed by atoms with E-state index in [0.29, 0.717) is 27.6 Å². The molecule has 31 heavy (non-hydrogen) atoms. The fourth-order valence-corrected chi connectivity index (χ4v) is 3.29. The molecular formula is C23H21N3O4S. The molecule has 0 atom stereocenters. The highest BCUT2D eigenvalue weighted by Crippen LogP contribution is 2.21. The Bertz CT molecular complexity index is 1150. The van der Waals surface area contributed by atoms with Gasteiger partial charge in [-0.05, 0) is 61.5 Å². The van der Waals surface area contributed by atoms with Crippen molar-refractivity contribution in [1.29, 1.82) is 0 Å². The fourth-order valence-electron chi connectivity index (χ4n) is 2.69. The molecule has 2 amide bonds. The number of benzene rings is 2. The third-order valence-electron chi connectivity index (χ3n) is 4.37. The summed E-state index contributed by atoms with van der Waals surface area (Å²) >= 11 is 1.28. The first-order chi connectivity index (χ1) is 14.8. The first-order valence-corrected chi connectivity index (χ1v) is 10.3. The molecule has 0 aliphatic rings. The summed E-state index contributed by atoms with van der Waals surface area (Å²) in [4.78, 5) is 37.1. The third-order valence-corrected chi connectivity index (χ3v) is 5.22. The van der Waals surface area contributed by atoms with E-state index in [1.54, 1.807) is 54.8 Å². The van der Waals surface area contributed by atoms with Gasteiger partial charge in [-0.15, -0.1) is 11.3 Å². The SMILES string of the molecule is C/C(=N\NC(=O)C(=O)Nc1cc(C)ccc1C)c1ccccc1OC(=O)c1cccs1. The molecule has 0 fully saturated rings. The van der Waals surface area contributed by atoms with Crippen LogP contribution in [0.1, 0.15) is 33.3 Å². The molecular weight excluding hydrogens is 414 g/mol. The predicted molar refractivity (Wildman–Crippen MR) is 121 cm³/mol. The van der Waals surface area contributed by atoms with Crippen LogP contribution in [0.25, 0.3) is 0 Å². The molecule has 3 aromatic rings. The lowest BCUT2D eigenvalue weighted by Crippen LogP contribution is -2.33. The van der Waals surface area contributed by atoms with Crippen molar-refractivity contribution in [2.45, 2.75) is 20.8 Å². The number of esters is 1. The maximum atomic E-state index is 12.3. The van der Waals surface area contributed by atoms with Gasteiger partial charge in [-0.1, -0.05) is 30.3 Å². The number of para-hydroxylation sites is 1. The second kappa shape index (κ2) is 9.82. The van der Waals surface area contributed by atoms with Crippen LogP contribution in [0.4, 0.5) is 5.69 Å². The van der Waals surface area contributed by atoms with Crippen molar-refractivity contribution in [2.75, 3.05) is 5.32 Å². The van der Waals surface area contributed by atoms with E-state index in [9.17, 15) is 14.4 Å². The Balaban J connectivity index is 1.68. The Morgan fingerprint density at radius 1 is 0.968 bits per heavy atom. The molecule has 0 aliphatic heterocycles. The van der Waals surface area contributed by atoms with Gasteiger partial charge < -0.3 is 10.1 Å². The van der Waals surface area contributed by atoms with E-state index in [0.717, 1.165) is 11.1 Å². The molecule has 0 radical (unpaired) electrons. The number of rotatable bonds is 5. The minimum Gasteiger partial charge on any atom is -0.422 e. The van der Waals surface area contributed by atoms with Crippen LogP contribution < -0.4 is 15.5 Å². The van der Waals surface area contributed by atoms with E-state index in [1.807, 2.05) is 26.0 Å². The van der Waals surface area contributed by atoms with Crippen LogP contribution >= 0.6 is 11.3 Å². The Labute approximate surface area is 183 Å². The van der Waals surface area contributed by atoms with Gasteiger partial charge in [-0.25, -0.2) is 10.2 Å². The standard InChI is InChI=1S/C23H21N3O4S/c1-14-10-11-15(2)18(13-14)24-21(27)22(28)26-25-16(3)17-7-4-5-8-19(17)30-23(29)20-9-6-12-31-20/h4-13H,1-3H3,(H,24,27)(H,26,28)/b25-16+. The lowest BCUT2D eigenvalue weighted by atomic mass is 10.1. The van der Waals surface area contributed by atoms with Crippen LogP contribution in [0.2, 0.25) is 0 Å². The normalized spacial score (nSPS) is 11.0. The lowest BCUT2D eigenvalue weighted by molar-refractivity contribution is -0.136. The molecule has 0 aliphatic carbocycles. The topological polar surface area (TPSA) is 96.9 Å². The van der Waals surface area contributed by atoms with Crippen LogP contribution in [0.5, 0.6) is 5.75 Å². The van der Waals surface area contributed by atoms with Crippen molar-refractivity contribution in [3.8, 4) is 5.75 Å². The molecule has 0 saturated carbocycles. The zero-order valence-electron chi connectivity index (χ0n) is 17.3. The Morgan fingerprint density at radius 2 is 1.74 bits per heavy atom. The summed E-state index contributed by atoms with van der Waals surface area (Å²) in [5.41, 5.74) is 5.50. The van der Waals surface area contributed by atoms with Crippen LogP contribution in [-0.4, -0.2) is 23.5 Å². The van der Waals surface area contributed by atoms with Crippen LogP contribution in [0, 0.1) is 13.8 Å². The van der Waals surface area contributed by atoms with Gasteiger partial charge in [0, 0.05) is 11.3 Å². The van der Waals surface area contributed by atoms with Gasteiger partial charge in [0.2, 0.25) is 0 Å². The highest BCUT2D eigenvalue weighted by Gasteiger charge is 2.16. The number of hydrazone groups is 1. The van der Waals surface area contributed by atoms with E-state index < -0.39 is 17.8 Å². The van der Waals surface area contributed by atoms with Gasteiger partial charge in [-0.2, -0.15) is 5.10 Å². The molecule has 2 aromatic carbocycles. The Hall–Kier alpha value is -3.78. The van der Waals surface area contributed by atoms with Crippen molar-refractivity contribution >= 4 is 40.5 Å². The summed E-state index contributed by atoms with van der Waals surface area (Å²) in [7, 11) is 0. The summed E-state index contributed by atoms with van der Waals surface area (Å²) in [5, 5.41) is 8.36. The molecule has 1 heterocycles. The molecule has 0 bridgehead atoms. The number of thiophene rings is 1. The maximum Gasteiger partial charge on any atom is 0.353 e. The number of aryl methyl sites for hydroxylation is 2. The summed E-state index contributed by atoms with van der Waals surface area (Å²) in [5.74, 6) is -1.92. The van der Waals surface area contributed by atoms with E-state index in [4.69, 9.17) is 4.74 Å². The molecule has 7 nitrogen and oxygen atoms in total. The van der Waals surface area contributed by atoms with Crippen molar-refractivity contribution in [3.63, 3.8) is 0 Å². The molecule has 0 unspecified atom stereocenters. The number of nitrogens with zero attached hydrogens (tertiary/aromatic N) is 1.